The van der Waals surface area contributed by atoms with E-state index in [1.54, 1.807) is 12.1 Å². The molecule has 0 heterocycles. The fraction of sp³-hybridized carbons (Fsp3) is 0.154. The Morgan fingerprint density at radius 1 is 1.42 bits per heavy atom. The lowest BCUT2D eigenvalue weighted by Crippen LogP contribution is -2.13. The molecule has 19 heavy (non-hydrogen) atoms. The lowest BCUT2D eigenvalue weighted by Gasteiger charge is -2.08. The molecule has 1 aromatic carbocycles. The molecule has 5 nitrogen and oxygen atoms in total. The molecule has 0 aromatic heterocycles. The highest BCUT2D eigenvalue weighted by Crippen LogP contribution is 2.23. The number of benzene rings is 1. The van der Waals surface area contributed by atoms with Gasteiger partial charge in [-0.2, -0.15) is 0 Å². The van der Waals surface area contributed by atoms with E-state index < -0.39 is 23.9 Å². The van der Waals surface area contributed by atoms with Gasteiger partial charge < -0.3 is 14.6 Å². The van der Waals surface area contributed by atoms with Crippen molar-refractivity contribution in [3.05, 3.63) is 40.6 Å². The molecule has 1 aromatic rings. The van der Waals surface area contributed by atoms with Gasteiger partial charge in [-0.1, -0.05) is 23.7 Å². The van der Waals surface area contributed by atoms with Gasteiger partial charge in [-0.3, -0.25) is 4.79 Å². The van der Waals surface area contributed by atoms with Gasteiger partial charge in [-0.25, -0.2) is 4.79 Å². The van der Waals surface area contributed by atoms with E-state index in [1.807, 2.05) is 0 Å². The molecule has 0 unspecified atom stereocenters. The molecular formula is C13H11ClO5. The topological polar surface area (TPSA) is 80.7 Å². The van der Waals surface area contributed by atoms with Crippen LogP contribution in [0.5, 0.6) is 0 Å². The molecule has 0 aliphatic rings. The summed E-state index contributed by atoms with van der Waals surface area (Å²) in [7, 11) is 1.07. The van der Waals surface area contributed by atoms with E-state index in [4.69, 9.17) is 11.6 Å². The van der Waals surface area contributed by atoms with Crippen molar-refractivity contribution in [2.45, 2.75) is 6.42 Å². The van der Waals surface area contributed by atoms with Crippen molar-refractivity contribution in [2.24, 2.45) is 0 Å². The number of allylic oxidation sites excluding steroid dienone is 1. The van der Waals surface area contributed by atoms with Crippen molar-refractivity contribution >= 4 is 35.2 Å². The highest BCUT2D eigenvalue weighted by atomic mass is 35.5. The summed E-state index contributed by atoms with van der Waals surface area (Å²) in [4.78, 5) is 33.5. The zero-order chi connectivity index (χ0) is 14.4. The monoisotopic (exact) mass is 282 g/mol. The fourth-order valence-electron chi connectivity index (χ4n) is 1.45. The molecule has 0 bridgehead atoms. The minimum Gasteiger partial charge on any atom is -0.501 e. The van der Waals surface area contributed by atoms with Crippen LogP contribution in [-0.4, -0.2) is 30.3 Å². The molecule has 0 saturated carbocycles. The standard InChI is InChI=1S/C13H11ClO5/c1-19-13(18)12(17)11(10(16)5-6-15)8-3-2-4-9(14)7-8/h2-4,6-7,17H,5H2,1H3. The molecule has 1 rings (SSSR count). The number of aliphatic hydroxyl groups is 1. The van der Waals surface area contributed by atoms with Crippen LogP contribution in [0.4, 0.5) is 0 Å². The number of aliphatic hydroxyl groups excluding tert-OH is 1. The minimum absolute atomic E-state index is 0.238. The Morgan fingerprint density at radius 2 is 2.11 bits per heavy atom. The SMILES string of the molecule is COC(=O)C(O)=C(C(=O)CC=O)c1cccc(Cl)c1. The number of carbonyl (C=O) groups excluding carboxylic acids is 3. The molecule has 0 aliphatic heterocycles. The van der Waals surface area contributed by atoms with Gasteiger partial charge in [0.05, 0.1) is 19.1 Å². The van der Waals surface area contributed by atoms with Crippen LogP contribution in [-0.2, 0) is 19.1 Å². The Balaban J connectivity index is 3.39. The summed E-state index contributed by atoms with van der Waals surface area (Å²) in [6, 6.07) is 6.01. The Bertz CT molecular complexity index is 548. The highest BCUT2D eigenvalue weighted by Gasteiger charge is 2.22. The zero-order valence-electron chi connectivity index (χ0n) is 10.1. The van der Waals surface area contributed by atoms with Gasteiger partial charge in [0, 0.05) is 5.02 Å². The van der Waals surface area contributed by atoms with Gasteiger partial charge >= 0.3 is 5.97 Å². The van der Waals surface area contributed by atoms with Crippen LogP contribution in [0.2, 0.25) is 5.02 Å². The Hall–Kier alpha value is -2.14. The van der Waals surface area contributed by atoms with Crippen LogP contribution in [0.25, 0.3) is 5.57 Å². The van der Waals surface area contributed by atoms with Crippen molar-refractivity contribution in [1.29, 1.82) is 0 Å². The summed E-state index contributed by atoms with van der Waals surface area (Å²) in [5, 5.41) is 10.1. The Morgan fingerprint density at radius 3 is 2.63 bits per heavy atom. The maximum absolute atomic E-state index is 11.8. The number of halogens is 1. The van der Waals surface area contributed by atoms with Gasteiger partial charge in [-0.05, 0) is 17.7 Å². The van der Waals surface area contributed by atoms with Crippen LogP contribution in [0.15, 0.2) is 30.0 Å². The van der Waals surface area contributed by atoms with Crippen LogP contribution < -0.4 is 0 Å². The number of carbonyl (C=O) groups is 3. The number of methoxy groups -OCH3 is 1. The van der Waals surface area contributed by atoms with Crippen LogP contribution >= 0.6 is 11.6 Å². The second-order valence-electron chi connectivity index (χ2n) is 3.52. The summed E-state index contributed by atoms with van der Waals surface area (Å²) < 4.78 is 4.35. The second kappa shape index (κ2) is 6.70. The maximum atomic E-state index is 11.8. The Labute approximate surface area is 114 Å². The van der Waals surface area contributed by atoms with Gasteiger partial charge in [-0.15, -0.1) is 0 Å². The third-order valence-corrected chi connectivity index (χ3v) is 2.51. The molecule has 1 N–H and O–H groups in total. The largest absolute Gasteiger partial charge is 0.501 e. The third-order valence-electron chi connectivity index (χ3n) is 2.28. The van der Waals surface area contributed by atoms with Crippen molar-refractivity contribution in [1.82, 2.24) is 0 Å². The summed E-state index contributed by atoms with van der Waals surface area (Å²) in [6.45, 7) is 0. The number of hydrogen-bond donors (Lipinski definition) is 1. The smallest absolute Gasteiger partial charge is 0.373 e. The number of Topliss-reactive ketones (excluding diaryl/α,β-unsaturated/α-hetero) is 1. The van der Waals surface area contributed by atoms with Gasteiger partial charge in [0.15, 0.2) is 5.78 Å². The second-order valence-corrected chi connectivity index (χ2v) is 3.96. The average Bonchev–Trinajstić information content (AvgIpc) is 2.38. The van der Waals surface area contributed by atoms with E-state index in [2.05, 4.69) is 4.74 Å². The van der Waals surface area contributed by atoms with Gasteiger partial charge in [0.25, 0.3) is 0 Å². The molecule has 0 radical (unpaired) electrons. The molecule has 0 spiro atoms. The molecular weight excluding hydrogens is 272 g/mol. The lowest BCUT2D eigenvalue weighted by molar-refractivity contribution is -0.139. The number of esters is 1. The lowest BCUT2D eigenvalue weighted by atomic mass is 9.98. The quantitative estimate of drug-likeness (QED) is 0.293. The number of rotatable bonds is 5. The number of ketones is 1. The Kier molecular flexibility index (Phi) is 5.26. The minimum atomic E-state index is -1.06. The van der Waals surface area contributed by atoms with E-state index in [0.29, 0.717) is 11.3 Å². The van der Waals surface area contributed by atoms with Crippen molar-refractivity contribution in [3.63, 3.8) is 0 Å². The van der Waals surface area contributed by atoms with Gasteiger partial charge in [0.1, 0.15) is 6.29 Å². The molecule has 0 saturated heterocycles. The van der Waals surface area contributed by atoms with Crippen LogP contribution in [0, 0.1) is 0 Å². The molecule has 0 atom stereocenters. The van der Waals surface area contributed by atoms with Crippen LogP contribution in [0.3, 0.4) is 0 Å². The van der Waals surface area contributed by atoms with E-state index in [9.17, 15) is 19.5 Å². The first-order chi connectivity index (χ1) is 9.01. The average molecular weight is 283 g/mol. The molecule has 100 valence electrons. The van der Waals surface area contributed by atoms with E-state index in [1.165, 1.54) is 12.1 Å². The predicted molar refractivity (Wildman–Crippen MR) is 68.7 cm³/mol. The van der Waals surface area contributed by atoms with Crippen molar-refractivity contribution in [3.8, 4) is 0 Å². The van der Waals surface area contributed by atoms with Crippen molar-refractivity contribution < 1.29 is 24.2 Å². The molecule has 0 fully saturated rings. The zero-order valence-corrected chi connectivity index (χ0v) is 10.8. The van der Waals surface area contributed by atoms with Gasteiger partial charge in [0.2, 0.25) is 5.76 Å². The third kappa shape index (κ3) is 3.66. The normalized spacial score (nSPS) is 11.5. The summed E-state index contributed by atoms with van der Waals surface area (Å²) in [5.41, 5.74) is -0.0521. The first kappa shape index (κ1) is 14.9. The fourth-order valence-corrected chi connectivity index (χ4v) is 1.64. The number of aldehydes is 1. The van der Waals surface area contributed by atoms with E-state index >= 15 is 0 Å². The number of ether oxygens (including phenoxy) is 1. The van der Waals surface area contributed by atoms with Crippen molar-refractivity contribution in [2.75, 3.05) is 7.11 Å². The highest BCUT2D eigenvalue weighted by molar-refractivity contribution is 6.32. The predicted octanol–water partition coefficient (Wildman–Crippen LogP) is 1.94. The maximum Gasteiger partial charge on any atom is 0.373 e. The van der Waals surface area contributed by atoms with Crippen LogP contribution in [0.1, 0.15) is 12.0 Å². The first-order valence-corrected chi connectivity index (χ1v) is 5.63. The molecule has 0 aliphatic carbocycles. The summed E-state index contributed by atoms with van der Waals surface area (Å²) >= 11 is 5.79. The van der Waals surface area contributed by atoms with E-state index in [0.717, 1.165) is 7.11 Å². The molecule has 0 amide bonds. The number of hydrogen-bond acceptors (Lipinski definition) is 5. The summed E-state index contributed by atoms with van der Waals surface area (Å²) in [5.74, 6) is -2.61. The summed E-state index contributed by atoms with van der Waals surface area (Å²) in [6.07, 6.45) is -0.0691. The molecule has 6 heteroatoms. The van der Waals surface area contributed by atoms with E-state index in [-0.39, 0.29) is 11.1 Å². The first-order valence-electron chi connectivity index (χ1n) is 5.25.